The van der Waals surface area contributed by atoms with Crippen LogP contribution in [0.4, 0.5) is 4.39 Å². The summed E-state index contributed by atoms with van der Waals surface area (Å²) < 4.78 is 19.1. The standard InChI is InChI=1S/C20H28FN3O2/c1-5-23(6-2)11-12-24(14-15(3)4)20(25)18-13-19(26-22-18)16-9-7-8-10-17(16)21/h7-10,13,15H,5-6,11-12,14H2,1-4H3. The number of hydrogen-bond donors (Lipinski definition) is 0. The first kappa shape index (κ1) is 20.1. The van der Waals surface area contributed by atoms with Gasteiger partial charge in [-0.1, -0.05) is 45.0 Å². The van der Waals surface area contributed by atoms with Crippen LogP contribution in [-0.4, -0.2) is 53.6 Å². The van der Waals surface area contributed by atoms with Gasteiger partial charge in [-0.3, -0.25) is 4.79 Å². The van der Waals surface area contributed by atoms with E-state index < -0.39 is 5.82 Å². The summed E-state index contributed by atoms with van der Waals surface area (Å²) >= 11 is 0. The predicted molar refractivity (Wildman–Crippen MR) is 100 cm³/mol. The summed E-state index contributed by atoms with van der Waals surface area (Å²) in [4.78, 5) is 17.0. The average molecular weight is 361 g/mol. The second kappa shape index (κ2) is 9.48. The van der Waals surface area contributed by atoms with Gasteiger partial charge in [0.1, 0.15) is 5.82 Å². The molecule has 0 bridgehead atoms. The van der Waals surface area contributed by atoms with E-state index in [4.69, 9.17) is 4.52 Å². The molecule has 0 aliphatic heterocycles. The van der Waals surface area contributed by atoms with Gasteiger partial charge >= 0.3 is 0 Å². The largest absolute Gasteiger partial charge is 0.355 e. The Hall–Kier alpha value is -2.21. The zero-order chi connectivity index (χ0) is 19.1. The third kappa shape index (κ3) is 5.14. The van der Waals surface area contributed by atoms with Gasteiger partial charge in [0, 0.05) is 25.7 Å². The summed E-state index contributed by atoms with van der Waals surface area (Å²) in [7, 11) is 0. The Morgan fingerprint density at radius 2 is 1.88 bits per heavy atom. The van der Waals surface area contributed by atoms with Crippen LogP contribution in [0, 0.1) is 11.7 Å². The van der Waals surface area contributed by atoms with E-state index in [1.54, 1.807) is 23.1 Å². The Bertz CT molecular complexity index is 711. The fraction of sp³-hybridized carbons (Fsp3) is 0.500. The highest BCUT2D eigenvalue weighted by atomic mass is 19.1. The summed E-state index contributed by atoms with van der Waals surface area (Å²) in [6.45, 7) is 12.3. The molecule has 0 fully saturated rings. The van der Waals surface area contributed by atoms with Gasteiger partial charge in [-0.2, -0.15) is 0 Å². The van der Waals surface area contributed by atoms with Crippen molar-refractivity contribution in [3.8, 4) is 11.3 Å². The molecule has 1 aromatic carbocycles. The van der Waals surface area contributed by atoms with Gasteiger partial charge in [0.15, 0.2) is 11.5 Å². The van der Waals surface area contributed by atoms with E-state index in [2.05, 4.69) is 37.8 Å². The minimum absolute atomic E-state index is 0.183. The SMILES string of the molecule is CCN(CC)CCN(CC(C)C)C(=O)c1cc(-c2ccccc2F)on1. The number of aromatic nitrogens is 1. The Morgan fingerprint density at radius 1 is 1.19 bits per heavy atom. The highest BCUT2D eigenvalue weighted by Gasteiger charge is 2.22. The van der Waals surface area contributed by atoms with E-state index in [0.29, 0.717) is 24.6 Å². The van der Waals surface area contributed by atoms with Crippen molar-refractivity contribution in [2.75, 3.05) is 32.7 Å². The zero-order valence-electron chi connectivity index (χ0n) is 16.0. The molecule has 26 heavy (non-hydrogen) atoms. The number of halogens is 1. The number of nitrogens with zero attached hydrogens (tertiary/aromatic N) is 3. The fourth-order valence-electron chi connectivity index (χ4n) is 2.84. The summed E-state index contributed by atoms with van der Waals surface area (Å²) in [5.41, 5.74) is 0.515. The number of carbonyl (C=O) groups is 1. The molecule has 1 heterocycles. The highest BCUT2D eigenvalue weighted by Crippen LogP contribution is 2.23. The van der Waals surface area contributed by atoms with Crippen LogP contribution in [-0.2, 0) is 0 Å². The molecule has 0 atom stereocenters. The first-order chi connectivity index (χ1) is 12.5. The molecule has 2 aromatic rings. The lowest BCUT2D eigenvalue weighted by Crippen LogP contribution is -2.40. The van der Waals surface area contributed by atoms with Gasteiger partial charge in [-0.05, 0) is 31.1 Å². The minimum atomic E-state index is -0.400. The van der Waals surface area contributed by atoms with Gasteiger partial charge in [0.05, 0.1) is 5.56 Å². The van der Waals surface area contributed by atoms with Gasteiger partial charge < -0.3 is 14.3 Å². The maximum absolute atomic E-state index is 13.9. The third-order valence-corrected chi connectivity index (χ3v) is 4.32. The zero-order valence-corrected chi connectivity index (χ0v) is 16.0. The van der Waals surface area contributed by atoms with Crippen molar-refractivity contribution >= 4 is 5.91 Å². The maximum Gasteiger partial charge on any atom is 0.276 e. The smallest absolute Gasteiger partial charge is 0.276 e. The van der Waals surface area contributed by atoms with Crippen LogP contribution in [0.25, 0.3) is 11.3 Å². The quantitative estimate of drug-likeness (QED) is 0.679. The molecule has 1 aromatic heterocycles. The van der Waals surface area contributed by atoms with Crippen molar-refractivity contribution in [2.24, 2.45) is 5.92 Å². The number of benzene rings is 1. The molecular formula is C20H28FN3O2. The first-order valence-electron chi connectivity index (χ1n) is 9.19. The molecule has 142 valence electrons. The summed E-state index contributed by atoms with van der Waals surface area (Å²) in [5, 5.41) is 3.88. The number of amides is 1. The summed E-state index contributed by atoms with van der Waals surface area (Å²) in [5.74, 6) is 0.0219. The number of rotatable bonds is 9. The molecule has 1 amide bonds. The molecule has 0 spiro atoms. The molecule has 6 heteroatoms. The van der Waals surface area contributed by atoms with Crippen molar-refractivity contribution in [1.82, 2.24) is 15.0 Å². The summed E-state index contributed by atoms with van der Waals surface area (Å²) in [6, 6.07) is 7.81. The number of likely N-dealkylation sites (N-methyl/N-ethyl adjacent to an activating group) is 1. The van der Waals surface area contributed by atoms with Crippen LogP contribution >= 0.6 is 0 Å². The molecule has 0 N–H and O–H groups in total. The Kier molecular flexibility index (Phi) is 7.33. The van der Waals surface area contributed by atoms with Gasteiger partial charge in [0.2, 0.25) is 0 Å². The van der Waals surface area contributed by atoms with Gasteiger partial charge in [-0.15, -0.1) is 0 Å². The van der Waals surface area contributed by atoms with Gasteiger partial charge in [-0.25, -0.2) is 4.39 Å². The summed E-state index contributed by atoms with van der Waals surface area (Å²) in [6.07, 6.45) is 0. The fourth-order valence-corrected chi connectivity index (χ4v) is 2.84. The third-order valence-electron chi connectivity index (χ3n) is 4.32. The predicted octanol–water partition coefficient (Wildman–Crippen LogP) is 3.92. The Labute approximate surface area is 154 Å². The maximum atomic E-state index is 13.9. The average Bonchev–Trinajstić information content (AvgIpc) is 3.10. The Balaban J connectivity index is 2.16. The lowest BCUT2D eigenvalue weighted by atomic mass is 10.1. The molecule has 0 unspecified atom stereocenters. The second-order valence-electron chi connectivity index (χ2n) is 6.73. The van der Waals surface area contributed by atoms with E-state index in [1.165, 1.54) is 12.1 Å². The van der Waals surface area contributed by atoms with E-state index in [1.807, 2.05) is 0 Å². The van der Waals surface area contributed by atoms with Crippen LogP contribution in [0.2, 0.25) is 0 Å². The minimum Gasteiger partial charge on any atom is -0.355 e. The van der Waals surface area contributed by atoms with Crippen LogP contribution in [0.3, 0.4) is 0 Å². The van der Waals surface area contributed by atoms with Gasteiger partial charge in [0.25, 0.3) is 5.91 Å². The van der Waals surface area contributed by atoms with E-state index in [0.717, 1.165) is 19.6 Å². The van der Waals surface area contributed by atoms with Crippen LogP contribution < -0.4 is 0 Å². The van der Waals surface area contributed by atoms with Crippen molar-refractivity contribution in [3.05, 3.63) is 41.8 Å². The highest BCUT2D eigenvalue weighted by molar-refractivity contribution is 5.93. The molecule has 5 nitrogen and oxygen atoms in total. The van der Waals surface area contributed by atoms with Crippen LogP contribution in [0.1, 0.15) is 38.2 Å². The molecule has 2 rings (SSSR count). The lowest BCUT2D eigenvalue weighted by molar-refractivity contribution is 0.0706. The second-order valence-corrected chi connectivity index (χ2v) is 6.73. The molecule has 0 saturated carbocycles. The van der Waals surface area contributed by atoms with Crippen molar-refractivity contribution in [1.29, 1.82) is 0 Å². The van der Waals surface area contributed by atoms with E-state index in [9.17, 15) is 9.18 Å². The van der Waals surface area contributed by atoms with E-state index >= 15 is 0 Å². The van der Waals surface area contributed by atoms with Crippen LogP contribution in [0.5, 0.6) is 0 Å². The van der Waals surface area contributed by atoms with Crippen molar-refractivity contribution in [3.63, 3.8) is 0 Å². The molecule has 0 aliphatic rings. The number of hydrogen-bond acceptors (Lipinski definition) is 4. The molecule has 0 saturated heterocycles. The van der Waals surface area contributed by atoms with Crippen molar-refractivity contribution < 1.29 is 13.7 Å². The molecular weight excluding hydrogens is 333 g/mol. The molecule has 0 radical (unpaired) electrons. The monoisotopic (exact) mass is 361 g/mol. The van der Waals surface area contributed by atoms with Crippen LogP contribution in [0.15, 0.2) is 34.9 Å². The molecule has 0 aliphatic carbocycles. The topological polar surface area (TPSA) is 49.6 Å². The normalized spacial score (nSPS) is 11.3. The van der Waals surface area contributed by atoms with Crippen molar-refractivity contribution in [2.45, 2.75) is 27.7 Å². The lowest BCUT2D eigenvalue weighted by Gasteiger charge is -2.27. The number of carbonyl (C=O) groups excluding carboxylic acids is 1. The Morgan fingerprint density at radius 3 is 2.50 bits per heavy atom. The first-order valence-corrected chi connectivity index (χ1v) is 9.19. The van der Waals surface area contributed by atoms with E-state index in [-0.39, 0.29) is 17.4 Å².